The van der Waals surface area contributed by atoms with Gasteiger partial charge in [0, 0.05) is 31.3 Å². The van der Waals surface area contributed by atoms with E-state index in [4.69, 9.17) is 4.74 Å². The molecule has 4 nitrogen and oxygen atoms in total. The zero-order valence-electron chi connectivity index (χ0n) is 13.2. The summed E-state index contributed by atoms with van der Waals surface area (Å²) < 4.78 is 5.49. The molecule has 2 aliphatic rings. The molecule has 1 aromatic carbocycles. The van der Waals surface area contributed by atoms with E-state index in [1.165, 1.54) is 25.7 Å². The van der Waals surface area contributed by atoms with Crippen LogP contribution in [-0.4, -0.2) is 49.7 Å². The Hall–Kier alpha value is -1.39. The van der Waals surface area contributed by atoms with Crippen LogP contribution in [0.3, 0.4) is 0 Å². The molecule has 1 N–H and O–H groups in total. The highest BCUT2D eigenvalue weighted by Gasteiger charge is 2.27. The number of benzene rings is 1. The predicted molar refractivity (Wildman–Crippen MR) is 86.9 cm³/mol. The van der Waals surface area contributed by atoms with Gasteiger partial charge in [-0.2, -0.15) is 0 Å². The smallest absolute Gasteiger partial charge is 0.251 e. The highest BCUT2D eigenvalue weighted by molar-refractivity contribution is 5.94. The van der Waals surface area contributed by atoms with Gasteiger partial charge in [-0.25, -0.2) is 0 Å². The number of likely N-dealkylation sites (tertiary alicyclic amines) is 1. The lowest BCUT2D eigenvalue weighted by Gasteiger charge is -2.37. The molecular formula is C18H26N2O2. The van der Waals surface area contributed by atoms with E-state index in [-0.39, 0.29) is 5.91 Å². The maximum atomic E-state index is 12.2. The summed E-state index contributed by atoms with van der Waals surface area (Å²) in [4.78, 5) is 14.8. The Balaban J connectivity index is 1.51. The molecule has 0 aliphatic carbocycles. The summed E-state index contributed by atoms with van der Waals surface area (Å²) in [6, 6.07) is 9.95. The minimum Gasteiger partial charge on any atom is -0.381 e. The van der Waals surface area contributed by atoms with Gasteiger partial charge in [-0.05, 0) is 43.9 Å². The number of hydrogen-bond acceptors (Lipinski definition) is 3. The van der Waals surface area contributed by atoms with Crippen molar-refractivity contribution in [1.82, 2.24) is 10.2 Å². The van der Waals surface area contributed by atoms with Gasteiger partial charge >= 0.3 is 0 Å². The van der Waals surface area contributed by atoms with E-state index in [1.807, 2.05) is 30.3 Å². The summed E-state index contributed by atoms with van der Waals surface area (Å²) >= 11 is 0. The second-order valence-corrected chi connectivity index (χ2v) is 6.45. The van der Waals surface area contributed by atoms with Gasteiger partial charge < -0.3 is 10.1 Å². The largest absolute Gasteiger partial charge is 0.381 e. The summed E-state index contributed by atoms with van der Waals surface area (Å²) in [5, 5.41) is 3.11. The fraction of sp³-hybridized carbons (Fsp3) is 0.611. The van der Waals surface area contributed by atoms with Crippen molar-refractivity contribution >= 4 is 5.91 Å². The minimum absolute atomic E-state index is 0.0373. The van der Waals surface area contributed by atoms with Crippen molar-refractivity contribution in [1.29, 1.82) is 0 Å². The molecule has 4 heteroatoms. The van der Waals surface area contributed by atoms with Crippen molar-refractivity contribution in [2.24, 2.45) is 5.92 Å². The average molecular weight is 302 g/mol. The van der Waals surface area contributed by atoms with Crippen LogP contribution in [0.5, 0.6) is 0 Å². The van der Waals surface area contributed by atoms with Gasteiger partial charge in [-0.15, -0.1) is 0 Å². The molecule has 0 radical (unpaired) electrons. The molecule has 22 heavy (non-hydrogen) atoms. The van der Waals surface area contributed by atoms with Crippen LogP contribution >= 0.6 is 0 Å². The van der Waals surface area contributed by atoms with Crippen molar-refractivity contribution in [2.75, 3.05) is 32.8 Å². The Bertz CT molecular complexity index is 471. The highest BCUT2D eigenvalue weighted by Crippen LogP contribution is 2.21. The summed E-state index contributed by atoms with van der Waals surface area (Å²) in [5.41, 5.74) is 0.744. The second-order valence-electron chi connectivity index (χ2n) is 6.45. The Morgan fingerprint density at radius 3 is 2.86 bits per heavy atom. The number of amides is 1. The second kappa shape index (κ2) is 7.75. The lowest BCUT2D eigenvalue weighted by molar-refractivity contribution is 0.0884. The van der Waals surface area contributed by atoms with E-state index in [0.717, 1.165) is 38.4 Å². The summed E-state index contributed by atoms with van der Waals surface area (Å²) in [6.07, 6.45) is 4.91. The van der Waals surface area contributed by atoms with Crippen LogP contribution in [-0.2, 0) is 4.74 Å². The molecule has 0 spiro atoms. The van der Waals surface area contributed by atoms with Crippen LogP contribution in [0, 0.1) is 5.92 Å². The number of rotatable bonds is 5. The SMILES string of the molecule is O=C(NC[C@@H]1CCCCN1C[C@@H]1CCOC1)c1ccccc1. The standard InChI is InChI=1S/C18H26N2O2/c21-18(16-6-2-1-3-7-16)19-12-17-8-4-5-10-20(17)13-15-9-11-22-14-15/h1-3,6-7,15,17H,4-5,8-14H2,(H,19,21)/t15-,17-/m0/s1. The fourth-order valence-corrected chi connectivity index (χ4v) is 3.49. The van der Waals surface area contributed by atoms with Crippen molar-refractivity contribution in [3.05, 3.63) is 35.9 Å². The molecule has 3 rings (SSSR count). The quantitative estimate of drug-likeness (QED) is 0.907. The molecule has 2 aliphatic heterocycles. The lowest BCUT2D eigenvalue weighted by atomic mass is 9.99. The van der Waals surface area contributed by atoms with E-state index in [1.54, 1.807) is 0 Å². The average Bonchev–Trinajstić information content (AvgIpc) is 3.07. The van der Waals surface area contributed by atoms with Gasteiger partial charge in [0.2, 0.25) is 0 Å². The van der Waals surface area contributed by atoms with Crippen molar-refractivity contribution in [3.8, 4) is 0 Å². The number of ether oxygens (including phenoxy) is 1. The van der Waals surface area contributed by atoms with E-state index in [0.29, 0.717) is 12.0 Å². The van der Waals surface area contributed by atoms with E-state index in [9.17, 15) is 4.79 Å². The lowest BCUT2D eigenvalue weighted by Crippen LogP contribution is -2.48. The van der Waals surface area contributed by atoms with Crippen LogP contribution < -0.4 is 5.32 Å². The molecule has 0 bridgehead atoms. The zero-order valence-corrected chi connectivity index (χ0v) is 13.2. The third-order valence-electron chi connectivity index (χ3n) is 4.80. The van der Waals surface area contributed by atoms with Crippen LogP contribution in [0.2, 0.25) is 0 Å². The van der Waals surface area contributed by atoms with Gasteiger partial charge in [0.1, 0.15) is 0 Å². The van der Waals surface area contributed by atoms with Gasteiger partial charge in [0.25, 0.3) is 5.91 Å². The Morgan fingerprint density at radius 1 is 1.23 bits per heavy atom. The number of piperidine rings is 1. The molecule has 0 unspecified atom stereocenters. The first kappa shape index (κ1) is 15.5. The van der Waals surface area contributed by atoms with Crippen LogP contribution in [0.1, 0.15) is 36.0 Å². The topological polar surface area (TPSA) is 41.6 Å². The Labute approximate surface area is 132 Å². The third-order valence-corrected chi connectivity index (χ3v) is 4.80. The van der Waals surface area contributed by atoms with Crippen molar-refractivity contribution in [3.63, 3.8) is 0 Å². The number of nitrogens with one attached hydrogen (secondary N) is 1. The molecule has 2 fully saturated rings. The zero-order chi connectivity index (χ0) is 15.2. The van der Waals surface area contributed by atoms with Crippen LogP contribution in [0.15, 0.2) is 30.3 Å². The molecule has 2 saturated heterocycles. The molecule has 1 aromatic rings. The van der Waals surface area contributed by atoms with Gasteiger partial charge in [-0.3, -0.25) is 9.69 Å². The van der Waals surface area contributed by atoms with Gasteiger partial charge in [-0.1, -0.05) is 24.6 Å². The molecular weight excluding hydrogens is 276 g/mol. The summed E-state index contributed by atoms with van der Waals surface area (Å²) in [7, 11) is 0. The molecule has 2 heterocycles. The maximum absolute atomic E-state index is 12.2. The first-order valence-corrected chi connectivity index (χ1v) is 8.48. The van der Waals surface area contributed by atoms with E-state index in [2.05, 4.69) is 10.2 Å². The predicted octanol–water partition coefficient (Wildman–Crippen LogP) is 2.31. The normalized spacial score (nSPS) is 26.0. The van der Waals surface area contributed by atoms with E-state index >= 15 is 0 Å². The molecule has 0 aromatic heterocycles. The first-order valence-electron chi connectivity index (χ1n) is 8.48. The number of carbonyl (C=O) groups excluding carboxylic acids is 1. The fourth-order valence-electron chi connectivity index (χ4n) is 3.49. The van der Waals surface area contributed by atoms with E-state index < -0.39 is 0 Å². The Kier molecular flexibility index (Phi) is 5.46. The van der Waals surface area contributed by atoms with Crippen LogP contribution in [0.25, 0.3) is 0 Å². The van der Waals surface area contributed by atoms with Gasteiger partial charge in [0.15, 0.2) is 0 Å². The molecule has 1 amide bonds. The van der Waals surface area contributed by atoms with Crippen molar-refractivity contribution in [2.45, 2.75) is 31.7 Å². The molecule has 2 atom stereocenters. The summed E-state index contributed by atoms with van der Waals surface area (Å²) in [5.74, 6) is 0.709. The van der Waals surface area contributed by atoms with Gasteiger partial charge in [0.05, 0.1) is 6.61 Å². The minimum atomic E-state index is 0.0373. The van der Waals surface area contributed by atoms with Crippen LogP contribution in [0.4, 0.5) is 0 Å². The summed E-state index contributed by atoms with van der Waals surface area (Å²) in [6.45, 7) is 4.84. The number of carbonyl (C=O) groups is 1. The maximum Gasteiger partial charge on any atom is 0.251 e. The molecule has 0 saturated carbocycles. The first-order chi connectivity index (χ1) is 10.8. The number of hydrogen-bond donors (Lipinski definition) is 1. The number of nitrogens with zero attached hydrogens (tertiary/aromatic N) is 1. The molecule has 120 valence electrons. The van der Waals surface area contributed by atoms with Crippen molar-refractivity contribution < 1.29 is 9.53 Å². The monoisotopic (exact) mass is 302 g/mol. The Morgan fingerprint density at radius 2 is 2.09 bits per heavy atom. The third kappa shape index (κ3) is 4.08. The highest BCUT2D eigenvalue weighted by atomic mass is 16.5.